The van der Waals surface area contributed by atoms with Gasteiger partial charge in [0.25, 0.3) is 0 Å². The molecule has 1 saturated heterocycles. The molecule has 0 spiro atoms. The van der Waals surface area contributed by atoms with Crippen LogP contribution in [0.1, 0.15) is 101 Å². The zero-order valence-corrected chi connectivity index (χ0v) is 22.8. The SMILES string of the molecule is CC(C)c1cccc(C(C)C)c1N1B(Cl)N(c2c(C(C)C)cccc2C(C)C)C(Cl)C1Cl. The van der Waals surface area contributed by atoms with E-state index in [9.17, 15) is 0 Å². The first kappa shape index (κ1) is 25.6. The summed E-state index contributed by atoms with van der Waals surface area (Å²) in [7, 11) is 0. The van der Waals surface area contributed by atoms with Crippen molar-refractivity contribution in [3.05, 3.63) is 58.7 Å². The van der Waals surface area contributed by atoms with Crippen LogP contribution in [0.2, 0.25) is 0 Å². The molecule has 2 unspecified atom stereocenters. The van der Waals surface area contributed by atoms with E-state index in [4.69, 9.17) is 34.7 Å². The molecule has 0 bridgehead atoms. The third-order valence-corrected chi connectivity index (χ3v) is 7.87. The quantitative estimate of drug-likeness (QED) is 0.225. The van der Waals surface area contributed by atoms with Gasteiger partial charge in [0.15, 0.2) is 0 Å². The Kier molecular flexibility index (Phi) is 8.06. The Morgan fingerprint density at radius 2 is 0.844 bits per heavy atom. The van der Waals surface area contributed by atoms with Crippen molar-refractivity contribution in [3.8, 4) is 0 Å². The van der Waals surface area contributed by atoms with E-state index in [0.29, 0.717) is 23.7 Å². The number of benzene rings is 2. The van der Waals surface area contributed by atoms with Gasteiger partial charge in [-0.1, -0.05) is 115 Å². The fraction of sp³-hybridized carbons (Fsp3) is 0.538. The number of para-hydroxylation sites is 2. The Morgan fingerprint density at radius 1 is 0.594 bits per heavy atom. The second kappa shape index (κ2) is 10.1. The molecule has 3 rings (SSSR count). The highest BCUT2D eigenvalue weighted by Gasteiger charge is 2.51. The summed E-state index contributed by atoms with van der Waals surface area (Å²) < 4.78 is 0. The third kappa shape index (κ3) is 4.50. The average Bonchev–Trinajstić information content (AvgIpc) is 2.94. The highest BCUT2D eigenvalue weighted by Crippen LogP contribution is 2.47. The molecule has 0 radical (unpaired) electrons. The summed E-state index contributed by atoms with van der Waals surface area (Å²) >= 11 is 21.5. The van der Waals surface area contributed by atoms with Crippen LogP contribution in [0.15, 0.2) is 36.4 Å². The topological polar surface area (TPSA) is 6.48 Å². The Morgan fingerprint density at radius 3 is 1.06 bits per heavy atom. The lowest BCUT2D eigenvalue weighted by Gasteiger charge is -2.33. The van der Waals surface area contributed by atoms with Gasteiger partial charge in [0.05, 0.1) is 0 Å². The zero-order valence-electron chi connectivity index (χ0n) is 20.5. The lowest BCUT2D eigenvalue weighted by Crippen LogP contribution is -2.43. The van der Waals surface area contributed by atoms with Gasteiger partial charge >= 0.3 is 6.40 Å². The van der Waals surface area contributed by atoms with Crippen LogP contribution in [-0.4, -0.2) is 17.4 Å². The summed E-state index contributed by atoms with van der Waals surface area (Å²) in [5, 5.41) is 0. The van der Waals surface area contributed by atoms with Gasteiger partial charge < -0.3 is 9.62 Å². The maximum absolute atomic E-state index is 7.29. The second-order valence-electron chi connectivity index (χ2n) is 10.1. The summed E-state index contributed by atoms with van der Waals surface area (Å²) in [6.45, 7) is 17.7. The van der Waals surface area contributed by atoms with Crippen molar-refractivity contribution in [1.82, 2.24) is 0 Å². The molecule has 1 fully saturated rings. The first-order valence-corrected chi connectivity index (χ1v) is 13.0. The monoisotopic (exact) mass is 492 g/mol. The summed E-state index contributed by atoms with van der Waals surface area (Å²) in [6, 6.07) is 13.0. The van der Waals surface area contributed by atoms with Gasteiger partial charge in [-0.25, -0.2) is 0 Å². The number of hydrogen-bond donors (Lipinski definition) is 0. The molecule has 0 N–H and O–H groups in total. The molecule has 1 aliphatic rings. The summed E-state index contributed by atoms with van der Waals surface area (Å²) in [4.78, 5) is 4.26. The minimum absolute atomic E-state index is 0.341. The van der Waals surface area contributed by atoms with E-state index in [1.54, 1.807) is 0 Å². The summed E-state index contributed by atoms with van der Waals surface area (Å²) in [6.07, 6.45) is -0.491. The fourth-order valence-electron chi connectivity index (χ4n) is 4.71. The first-order chi connectivity index (χ1) is 15.0. The average molecular weight is 494 g/mol. The zero-order chi connectivity index (χ0) is 23.9. The maximum Gasteiger partial charge on any atom is 0.488 e. The maximum atomic E-state index is 7.29. The standard InChI is InChI=1S/C26H36BCl3N2/c1-15(2)19-11-9-12-20(16(3)4)23(19)31-25(28)26(29)32(27(31)30)24-21(17(5)6)13-10-14-22(24)18(7)8/h9-18,25-26H,1-8H3. The highest BCUT2D eigenvalue weighted by molar-refractivity contribution is 7.12. The normalized spacial score (nSPS) is 19.4. The Balaban J connectivity index is 2.23. The van der Waals surface area contributed by atoms with Gasteiger partial charge in [-0.05, 0) is 45.9 Å². The van der Waals surface area contributed by atoms with E-state index >= 15 is 0 Å². The van der Waals surface area contributed by atoms with Crippen LogP contribution >= 0.6 is 34.7 Å². The lowest BCUT2D eigenvalue weighted by molar-refractivity contribution is 0.798. The van der Waals surface area contributed by atoms with E-state index in [1.165, 1.54) is 22.3 Å². The Labute approximate surface area is 210 Å². The molecule has 174 valence electrons. The molecular weight excluding hydrogens is 457 g/mol. The molecule has 0 saturated carbocycles. The molecule has 2 aromatic rings. The molecule has 2 atom stereocenters. The molecule has 0 aromatic heterocycles. The lowest BCUT2D eigenvalue weighted by atomic mass is 9.87. The van der Waals surface area contributed by atoms with Crippen molar-refractivity contribution in [2.24, 2.45) is 0 Å². The van der Waals surface area contributed by atoms with Gasteiger partial charge in [-0.3, -0.25) is 0 Å². The van der Waals surface area contributed by atoms with Crippen LogP contribution in [0.5, 0.6) is 0 Å². The van der Waals surface area contributed by atoms with E-state index in [2.05, 4.69) is 101 Å². The minimum Gasteiger partial charge on any atom is -0.363 e. The van der Waals surface area contributed by atoms with Crippen LogP contribution in [-0.2, 0) is 0 Å². The van der Waals surface area contributed by atoms with E-state index in [0.717, 1.165) is 11.4 Å². The van der Waals surface area contributed by atoms with E-state index in [-0.39, 0.29) is 0 Å². The van der Waals surface area contributed by atoms with Gasteiger partial charge in [0.1, 0.15) is 11.0 Å². The molecule has 1 heterocycles. The molecular formula is C26H36BCl3N2. The largest absolute Gasteiger partial charge is 0.488 e. The van der Waals surface area contributed by atoms with Crippen molar-refractivity contribution in [1.29, 1.82) is 0 Å². The van der Waals surface area contributed by atoms with Gasteiger partial charge in [-0.2, -0.15) is 0 Å². The number of halogens is 3. The first-order valence-electron chi connectivity index (χ1n) is 11.7. The van der Waals surface area contributed by atoms with Crippen LogP contribution < -0.4 is 9.62 Å². The van der Waals surface area contributed by atoms with Gasteiger partial charge in [0.2, 0.25) is 0 Å². The smallest absolute Gasteiger partial charge is 0.363 e. The van der Waals surface area contributed by atoms with Crippen LogP contribution in [0.25, 0.3) is 0 Å². The summed E-state index contributed by atoms with van der Waals surface area (Å²) in [5.41, 5.74) is 6.32. The predicted octanol–water partition coefficient (Wildman–Crippen LogP) is 8.86. The second-order valence-corrected chi connectivity index (χ2v) is 11.3. The number of rotatable bonds is 6. The van der Waals surface area contributed by atoms with Crippen molar-refractivity contribution in [2.75, 3.05) is 9.62 Å². The Bertz CT molecular complexity index is 817. The third-order valence-electron chi connectivity index (χ3n) is 6.42. The van der Waals surface area contributed by atoms with Crippen molar-refractivity contribution < 1.29 is 0 Å². The molecule has 32 heavy (non-hydrogen) atoms. The highest BCUT2D eigenvalue weighted by atomic mass is 35.5. The Hall–Kier alpha value is -1.03. The molecule has 0 amide bonds. The fourth-order valence-corrected chi connectivity index (χ4v) is 5.92. The molecule has 0 aliphatic carbocycles. The molecule has 2 nitrogen and oxygen atoms in total. The van der Waals surface area contributed by atoms with Gasteiger partial charge in [-0.15, -0.1) is 11.5 Å². The number of alkyl halides is 2. The van der Waals surface area contributed by atoms with Crippen molar-refractivity contribution in [2.45, 2.75) is 90.1 Å². The summed E-state index contributed by atoms with van der Waals surface area (Å²) in [5.74, 6) is 1.36. The predicted molar refractivity (Wildman–Crippen MR) is 145 cm³/mol. The van der Waals surface area contributed by atoms with Crippen LogP contribution in [0.3, 0.4) is 0 Å². The van der Waals surface area contributed by atoms with E-state index in [1.807, 2.05) is 0 Å². The molecule has 6 heteroatoms. The minimum atomic E-state index is -0.491. The number of hydrogen-bond acceptors (Lipinski definition) is 2. The van der Waals surface area contributed by atoms with Crippen molar-refractivity contribution >= 4 is 52.4 Å². The number of nitrogens with zero attached hydrogens (tertiary/aromatic N) is 2. The van der Waals surface area contributed by atoms with Crippen LogP contribution in [0.4, 0.5) is 11.4 Å². The number of anilines is 2. The molecule has 2 aromatic carbocycles. The van der Waals surface area contributed by atoms with Gasteiger partial charge in [0, 0.05) is 11.4 Å². The van der Waals surface area contributed by atoms with Crippen molar-refractivity contribution in [3.63, 3.8) is 0 Å². The molecule has 1 aliphatic heterocycles. The van der Waals surface area contributed by atoms with E-state index < -0.39 is 17.4 Å². The van der Waals surface area contributed by atoms with Crippen LogP contribution in [0, 0.1) is 0 Å².